The number of carbonyl (C=O) groups is 2. The molecule has 1 aliphatic heterocycles. The van der Waals surface area contributed by atoms with Crippen LogP contribution in [0.5, 0.6) is 5.75 Å². The molecule has 0 radical (unpaired) electrons. The van der Waals surface area contributed by atoms with Crippen molar-refractivity contribution in [2.45, 2.75) is 33.1 Å². The molecule has 4 rings (SSSR count). The third-order valence-corrected chi connectivity index (χ3v) is 7.99. The molecule has 10 nitrogen and oxygen atoms in total. The molecule has 0 bridgehead atoms. The number of thiophene rings is 1. The van der Waals surface area contributed by atoms with Crippen LogP contribution in [-0.2, 0) is 5.41 Å². The lowest BCUT2D eigenvalue weighted by Gasteiger charge is -2.32. The predicted octanol–water partition coefficient (Wildman–Crippen LogP) is 4.87. The van der Waals surface area contributed by atoms with Gasteiger partial charge in [0.2, 0.25) is 0 Å². The molecule has 1 saturated heterocycles. The molecule has 1 aromatic heterocycles. The zero-order valence-corrected chi connectivity index (χ0v) is 24.0. The van der Waals surface area contributed by atoms with Gasteiger partial charge in [-0.05, 0) is 42.6 Å². The van der Waals surface area contributed by atoms with Crippen molar-refractivity contribution in [2.24, 2.45) is 5.10 Å². The summed E-state index contributed by atoms with van der Waals surface area (Å²) in [6, 6.07) is 11.8. The van der Waals surface area contributed by atoms with Crippen molar-refractivity contribution in [1.29, 1.82) is 0 Å². The van der Waals surface area contributed by atoms with Gasteiger partial charge in [0.05, 0.1) is 21.1 Å². The Morgan fingerprint density at radius 2 is 1.70 bits per heavy atom. The number of nitro benzene ring substituents is 1. The Bertz CT molecular complexity index is 1460. The van der Waals surface area contributed by atoms with Crippen LogP contribution in [0.15, 0.2) is 52.9 Å². The van der Waals surface area contributed by atoms with Crippen LogP contribution < -0.4 is 5.43 Å². The summed E-state index contributed by atoms with van der Waals surface area (Å²) >= 11 is 1.37. The van der Waals surface area contributed by atoms with Crippen molar-refractivity contribution in [3.63, 3.8) is 0 Å². The molecule has 2 N–H and O–H groups in total. The Balaban J connectivity index is 1.49. The van der Waals surface area contributed by atoms with Crippen LogP contribution in [0.2, 0.25) is 0 Å². The Hall–Kier alpha value is -4.09. The summed E-state index contributed by atoms with van der Waals surface area (Å²) in [7, 11) is 1.95. The molecule has 1 aliphatic rings. The monoisotopic (exact) mass is 563 g/mol. The summed E-state index contributed by atoms with van der Waals surface area (Å²) < 4.78 is 0. The van der Waals surface area contributed by atoms with E-state index in [-0.39, 0.29) is 22.3 Å². The van der Waals surface area contributed by atoms with Crippen LogP contribution >= 0.6 is 11.3 Å². The summed E-state index contributed by atoms with van der Waals surface area (Å²) in [5, 5.41) is 28.5. The van der Waals surface area contributed by atoms with Crippen molar-refractivity contribution in [2.75, 3.05) is 33.2 Å². The highest BCUT2D eigenvalue weighted by Crippen LogP contribution is 2.39. The SMILES string of the molecule is C/C(=N\NC(=O)c1ccc(C(=O)N2CCN(C)CC2)c([N+](=O)[O-])c1)c1csc(-c2ccc(C(C)(C)C)cc2)c1O. The van der Waals surface area contributed by atoms with Crippen LogP contribution in [0.1, 0.15) is 59.5 Å². The van der Waals surface area contributed by atoms with Gasteiger partial charge >= 0.3 is 0 Å². The fraction of sp³-hybridized carbons (Fsp3) is 0.345. The number of rotatable bonds is 6. The normalized spacial score (nSPS) is 14.7. The highest BCUT2D eigenvalue weighted by molar-refractivity contribution is 7.14. The van der Waals surface area contributed by atoms with Crippen molar-refractivity contribution in [1.82, 2.24) is 15.2 Å². The van der Waals surface area contributed by atoms with Crippen molar-refractivity contribution >= 4 is 34.6 Å². The lowest BCUT2D eigenvalue weighted by molar-refractivity contribution is -0.385. The average Bonchev–Trinajstić information content (AvgIpc) is 3.32. The molecular formula is C29H33N5O5S. The average molecular weight is 564 g/mol. The summed E-state index contributed by atoms with van der Waals surface area (Å²) in [6.45, 7) is 10.4. The van der Waals surface area contributed by atoms with Crippen LogP contribution in [0.4, 0.5) is 5.69 Å². The van der Waals surface area contributed by atoms with E-state index < -0.39 is 22.4 Å². The lowest BCUT2D eigenvalue weighted by atomic mass is 9.86. The number of carbonyl (C=O) groups excluding carboxylic acids is 2. The predicted molar refractivity (Wildman–Crippen MR) is 156 cm³/mol. The van der Waals surface area contributed by atoms with Gasteiger partial charge in [-0.25, -0.2) is 5.43 Å². The second-order valence-corrected chi connectivity index (χ2v) is 11.8. The largest absolute Gasteiger partial charge is 0.506 e. The first kappa shape index (κ1) is 28.9. The van der Waals surface area contributed by atoms with E-state index in [2.05, 4.69) is 36.2 Å². The highest BCUT2D eigenvalue weighted by Gasteiger charge is 2.28. The molecule has 2 amide bonds. The van der Waals surface area contributed by atoms with Crippen LogP contribution in [-0.4, -0.2) is 70.6 Å². The van der Waals surface area contributed by atoms with Gasteiger partial charge in [0.15, 0.2) is 0 Å². The summed E-state index contributed by atoms with van der Waals surface area (Å²) in [5.74, 6) is -1.04. The molecule has 2 aromatic carbocycles. The molecule has 2 heterocycles. The van der Waals surface area contributed by atoms with Gasteiger partial charge in [0, 0.05) is 43.2 Å². The van der Waals surface area contributed by atoms with Crippen molar-refractivity contribution < 1.29 is 19.6 Å². The molecule has 210 valence electrons. The van der Waals surface area contributed by atoms with Crippen molar-refractivity contribution in [3.8, 4) is 16.2 Å². The third kappa shape index (κ3) is 6.21. The van der Waals surface area contributed by atoms with E-state index in [1.165, 1.54) is 29.0 Å². The molecule has 0 spiro atoms. The number of piperazine rings is 1. The Labute approximate surface area is 237 Å². The third-order valence-electron chi connectivity index (χ3n) is 6.97. The minimum atomic E-state index is -0.672. The first-order chi connectivity index (χ1) is 18.9. The number of hydrogen-bond acceptors (Lipinski definition) is 8. The number of nitro groups is 1. The molecule has 0 saturated carbocycles. The molecule has 0 atom stereocenters. The lowest BCUT2D eigenvalue weighted by Crippen LogP contribution is -2.47. The number of likely N-dealkylation sites (N-methyl/N-ethyl adjacent to an activating group) is 1. The van der Waals surface area contributed by atoms with Crippen molar-refractivity contribution in [3.05, 3.63) is 80.2 Å². The van der Waals surface area contributed by atoms with Crippen LogP contribution in [0.25, 0.3) is 10.4 Å². The van der Waals surface area contributed by atoms with Gasteiger partial charge in [0.1, 0.15) is 11.3 Å². The van der Waals surface area contributed by atoms with E-state index >= 15 is 0 Å². The van der Waals surface area contributed by atoms with Gasteiger partial charge < -0.3 is 14.9 Å². The maximum absolute atomic E-state index is 12.9. The number of nitrogens with zero attached hydrogens (tertiary/aromatic N) is 4. The molecule has 0 aliphatic carbocycles. The second kappa shape index (κ2) is 11.6. The van der Waals surface area contributed by atoms with E-state index in [9.17, 15) is 24.8 Å². The van der Waals surface area contributed by atoms with Crippen LogP contribution in [0, 0.1) is 10.1 Å². The van der Waals surface area contributed by atoms with E-state index in [0.717, 1.165) is 11.6 Å². The topological polar surface area (TPSA) is 128 Å². The standard InChI is InChI=1S/C29H33N5O5S/c1-18(23-17-40-26(25(23)35)19-6-9-21(10-7-19)29(2,3)4)30-31-27(36)20-8-11-22(24(16-20)34(38)39)28(37)33-14-12-32(5)13-15-33/h6-11,16-17,35H,12-15H2,1-5H3,(H,31,36)/b30-18+. The fourth-order valence-corrected chi connectivity index (χ4v) is 5.39. The van der Waals surface area contributed by atoms with Crippen LogP contribution in [0.3, 0.4) is 0 Å². The van der Waals surface area contributed by atoms with E-state index in [0.29, 0.717) is 42.3 Å². The Morgan fingerprint density at radius 1 is 1.05 bits per heavy atom. The molecule has 1 fully saturated rings. The molecule has 11 heteroatoms. The minimum absolute atomic E-state index is 0.00709. The van der Waals surface area contributed by atoms with Gasteiger partial charge in [-0.1, -0.05) is 45.0 Å². The fourth-order valence-electron chi connectivity index (χ4n) is 4.38. The Morgan fingerprint density at radius 3 is 2.30 bits per heavy atom. The van der Waals surface area contributed by atoms with Gasteiger partial charge in [-0.3, -0.25) is 19.7 Å². The van der Waals surface area contributed by atoms with Gasteiger partial charge in [-0.2, -0.15) is 5.10 Å². The summed E-state index contributed by atoms with van der Waals surface area (Å²) in [6.07, 6.45) is 0. The zero-order chi connectivity index (χ0) is 29.2. The van der Waals surface area contributed by atoms with E-state index in [4.69, 9.17) is 0 Å². The summed E-state index contributed by atoms with van der Waals surface area (Å²) in [4.78, 5) is 41.2. The molecule has 0 unspecified atom stereocenters. The first-order valence-corrected chi connectivity index (χ1v) is 13.8. The molecule has 40 heavy (non-hydrogen) atoms. The Kier molecular flexibility index (Phi) is 8.36. The number of hydrogen-bond donors (Lipinski definition) is 2. The second-order valence-electron chi connectivity index (χ2n) is 10.9. The number of nitrogens with one attached hydrogen (secondary N) is 1. The van der Waals surface area contributed by atoms with Gasteiger partial charge in [0.25, 0.3) is 17.5 Å². The zero-order valence-electron chi connectivity index (χ0n) is 23.2. The smallest absolute Gasteiger partial charge is 0.282 e. The maximum atomic E-state index is 12.9. The van der Waals surface area contributed by atoms with Gasteiger partial charge in [-0.15, -0.1) is 11.3 Å². The number of aromatic hydroxyl groups is 1. The van der Waals surface area contributed by atoms with E-state index in [1.54, 1.807) is 17.2 Å². The van der Waals surface area contributed by atoms with E-state index in [1.807, 2.05) is 31.3 Å². The molecule has 3 aromatic rings. The highest BCUT2D eigenvalue weighted by atomic mass is 32.1. The minimum Gasteiger partial charge on any atom is -0.506 e. The maximum Gasteiger partial charge on any atom is 0.282 e. The number of hydrazone groups is 1. The number of benzene rings is 2. The first-order valence-electron chi connectivity index (χ1n) is 12.9. The quantitative estimate of drug-likeness (QED) is 0.250. The summed E-state index contributed by atoms with van der Waals surface area (Å²) in [5.41, 5.74) is 4.82. The molecular weight excluding hydrogens is 530 g/mol. The number of amides is 2.